The Bertz CT molecular complexity index is 175. The van der Waals surface area contributed by atoms with Crippen LogP contribution in [0.4, 0.5) is 0 Å². The predicted molar refractivity (Wildman–Crippen MR) is 59.4 cm³/mol. The molecular formula is C11H24N2O. The van der Waals surface area contributed by atoms with E-state index in [1.54, 1.807) is 0 Å². The van der Waals surface area contributed by atoms with Crippen molar-refractivity contribution in [3.8, 4) is 0 Å². The lowest BCUT2D eigenvalue weighted by Crippen LogP contribution is -2.49. The lowest BCUT2D eigenvalue weighted by atomic mass is 9.87. The number of likely N-dealkylation sites (N-methyl/N-ethyl adjacent to an activating group) is 1. The molecule has 0 saturated carbocycles. The van der Waals surface area contributed by atoms with Gasteiger partial charge in [0.2, 0.25) is 0 Å². The molecule has 84 valence electrons. The average molecular weight is 200 g/mol. The van der Waals surface area contributed by atoms with Crippen LogP contribution >= 0.6 is 0 Å². The molecule has 1 rings (SSSR count). The van der Waals surface area contributed by atoms with Crippen molar-refractivity contribution >= 4 is 0 Å². The highest BCUT2D eigenvalue weighted by atomic mass is 16.3. The molecule has 1 saturated heterocycles. The molecule has 2 N–H and O–H groups in total. The van der Waals surface area contributed by atoms with Crippen molar-refractivity contribution in [1.29, 1.82) is 0 Å². The Morgan fingerprint density at radius 2 is 2.14 bits per heavy atom. The van der Waals surface area contributed by atoms with Gasteiger partial charge in [-0.25, -0.2) is 0 Å². The van der Waals surface area contributed by atoms with E-state index in [2.05, 4.69) is 31.1 Å². The maximum atomic E-state index is 10.5. The molecule has 1 aliphatic rings. The molecule has 0 amide bonds. The summed E-state index contributed by atoms with van der Waals surface area (Å²) in [4.78, 5) is 2.30. The first kappa shape index (κ1) is 12.0. The summed E-state index contributed by atoms with van der Waals surface area (Å²) in [5, 5.41) is 13.8. The van der Waals surface area contributed by atoms with Crippen molar-refractivity contribution < 1.29 is 5.11 Å². The molecule has 1 fully saturated rings. The normalized spacial score (nSPS) is 32.6. The van der Waals surface area contributed by atoms with Crippen LogP contribution in [0.15, 0.2) is 0 Å². The molecule has 0 radical (unpaired) electrons. The molecule has 2 atom stereocenters. The predicted octanol–water partition coefficient (Wildman–Crippen LogP) is 0.831. The van der Waals surface area contributed by atoms with E-state index in [1.165, 1.54) is 0 Å². The number of hydrogen-bond acceptors (Lipinski definition) is 3. The van der Waals surface area contributed by atoms with Crippen LogP contribution < -0.4 is 5.32 Å². The van der Waals surface area contributed by atoms with Crippen molar-refractivity contribution in [3.63, 3.8) is 0 Å². The number of likely N-dealkylation sites (tertiary alicyclic amines) is 1. The van der Waals surface area contributed by atoms with Crippen molar-refractivity contribution in [2.24, 2.45) is 0 Å². The maximum absolute atomic E-state index is 10.5. The standard InChI is InChI=1S/C11H24N2O/c1-4-12-10(2)11(14)6-5-8-13(3)9-7-11/h10,12,14H,4-9H2,1-3H3. The second-order valence-corrected chi connectivity index (χ2v) is 4.54. The number of nitrogens with zero attached hydrogens (tertiary/aromatic N) is 1. The van der Waals surface area contributed by atoms with Crippen LogP contribution in [0.25, 0.3) is 0 Å². The molecule has 0 spiro atoms. The first-order valence-corrected chi connectivity index (χ1v) is 5.73. The molecule has 14 heavy (non-hydrogen) atoms. The van der Waals surface area contributed by atoms with Crippen molar-refractivity contribution in [2.75, 3.05) is 26.7 Å². The zero-order valence-electron chi connectivity index (χ0n) is 9.71. The summed E-state index contributed by atoms with van der Waals surface area (Å²) in [6.07, 6.45) is 2.91. The van der Waals surface area contributed by atoms with E-state index in [0.29, 0.717) is 0 Å². The fraction of sp³-hybridized carbons (Fsp3) is 1.00. The Morgan fingerprint density at radius 1 is 1.43 bits per heavy atom. The minimum atomic E-state index is -0.499. The van der Waals surface area contributed by atoms with Gasteiger partial charge in [0.05, 0.1) is 5.60 Å². The van der Waals surface area contributed by atoms with E-state index in [0.717, 1.165) is 38.9 Å². The van der Waals surface area contributed by atoms with Crippen LogP contribution in [0.3, 0.4) is 0 Å². The van der Waals surface area contributed by atoms with E-state index in [9.17, 15) is 5.11 Å². The number of hydrogen-bond donors (Lipinski definition) is 2. The monoisotopic (exact) mass is 200 g/mol. The molecule has 0 aromatic rings. The fourth-order valence-corrected chi connectivity index (χ4v) is 2.21. The van der Waals surface area contributed by atoms with Gasteiger partial charge in [-0.2, -0.15) is 0 Å². The molecule has 3 heteroatoms. The van der Waals surface area contributed by atoms with Gasteiger partial charge in [0.15, 0.2) is 0 Å². The summed E-state index contributed by atoms with van der Waals surface area (Å²) in [6, 6.07) is 0.207. The highest BCUT2D eigenvalue weighted by molar-refractivity contribution is 4.91. The van der Waals surface area contributed by atoms with Crippen LogP contribution in [-0.4, -0.2) is 48.3 Å². The van der Waals surface area contributed by atoms with Crippen molar-refractivity contribution in [3.05, 3.63) is 0 Å². The van der Waals surface area contributed by atoms with Crippen LogP contribution in [0.2, 0.25) is 0 Å². The first-order chi connectivity index (χ1) is 6.58. The SMILES string of the molecule is CCNC(C)C1(O)CCCN(C)CC1. The topological polar surface area (TPSA) is 35.5 Å². The van der Waals surface area contributed by atoms with Crippen molar-refractivity contribution in [1.82, 2.24) is 10.2 Å². The highest BCUT2D eigenvalue weighted by Gasteiger charge is 2.34. The smallest absolute Gasteiger partial charge is 0.0809 e. The molecule has 2 unspecified atom stereocenters. The summed E-state index contributed by atoms with van der Waals surface area (Å²) < 4.78 is 0. The second-order valence-electron chi connectivity index (χ2n) is 4.54. The van der Waals surface area contributed by atoms with E-state index in [-0.39, 0.29) is 6.04 Å². The minimum Gasteiger partial charge on any atom is -0.388 e. The molecule has 1 heterocycles. The summed E-state index contributed by atoms with van der Waals surface area (Å²) in [7, 11) is 2.13. The molecule has 0 bridgehead atoms. The Labute approximate surface area is 87.5 Å². The van der Waals surface area contributed by atoms with Gasteiger partial charge in [-0.05, 0) is 46.3 Å². The van der Waals surface area contributed by atoms with E-state index in [4.69, 9.17) is 0 Å². The van der Waals surface area contributed by atoms with Gasteiger partial charge in [0, 0.05) is 12.6 Å². The highest BCUT2D eigenvalue weighted by Crippen LogP contribution is 2.25. The van der Waals surface area contributed by atoms with Gasteiger partial charge in [-0.15, -0.1) is 0 Å². The van der Waals surface area contributed by atoms with E-state index < -0.39 is 5.60 Å². The summed E-state index contributed by atoms with van der Waals surface area (Å²) in [5.74, 6) is 0. The Hall–Kier alpha value is -0.120. The van der Waals surface area contributed by atoms with Gasteiger partial charge >= 0.3 is 0 Å². The molecule has 0 aromatic heterocycles. The fourth-order valence-electron chi connectivity index (χ4n) is 2.21. The van der Waals surface area contributed by atoms with Gasteiger partial charge in [0.25, 0.3) is 0 Å². The van der Waals surface area contributed by atoms with Gasteiger partial charge in [0.1, 0.15) is 0 Å². The van der Waals surface area contributed by atoms with E-state index >= 15 is 0 Å². The second kappa shape index (κ2) is 5.10. The van der Waals surface area contributed by atoms with Crippen LogP contribution in [0.1, 0.15) is 33.1 Å². The van der Waals surface area contributed by atoms with Crippen LogP contribution in [0, 0.1) is 0 Å². The molecule has 0 aromatic carbocycles. The number of nitrogens with one attached hydrogen (secondary N) is 1. The molecular weight excluding hydrogens is 176 g/mol. The average Bonchev–Trinajstić information content (AvgIpc) is 2.30. The number of aliphatic hydroxyl groups is 1. The third-order valence-corrected chi connectivity index (χ3v) is 3.39. The third-order valence-electron chi connectivity index (χ3n) is 3.39. The molecule has 0 aliphatic carbocycles. The van der Waals surface area contributed by atoms with Gasteiger partial charge in [-0.1, -0.05) is 6.92 Å². The lowest BCUT2D eigenvalue weighted by Gasteiger charge is -2.33. The number of rotatable bonds is 3. The zero-order valence-corrected chi connectivity index (χ0v) is 9.71. The summed E-state index contributed by atoms with van der Waals surface area (Å²) in [5.41, 5.74) is -0.499. The van der Waals surface area contributed by atoms with Crippen LogP contribution in [-0.2, 0) is 0 Å². The van der Waals surface area contributed by atoms with Gasteiger partial charge in [-0.3, -0.25) is 0 Å². The largest absolute Gasteiger partial charge is 0.388 e. The Kier molecular flexibility index (Phi) is 4.35. The minimum absolute atomic E-state index is 0.207. The Balaban J connectivity index is 2.53. The third kappa shape index (κ3) is 2.94. The van der Waals surface area contributed by atoms with Crippen molar-refractivity contribution in [2.45, 2.75) is 44.8 Å². The molecule has 3 nitrogen and oxygen atoms in total. The first-order valence-electron chi connectivity index (χ1n) is 5.73. The van der Waals surface area contributed by atoms with Crippen LogP contribution in [0.5, 0.6) is 0 Å². The zero-order chi connectivity index (χ0) is 10.6. The lowest BCUT2D eigenvalue weighted by molar-refractivity contribution is -0.00506. The Morgan fingerprint density at radius 3 is 2.79 bits per heavy atom. The maximum Gasteiger partial charge on any atom is 0.0809 e. The summed E-state index contributed by atoms with van der Waals surface area (Å²) in [6.45, 7) is 7.23. The van der Waals surface area contributed by atoms with E-state index in [1.807, 2.05) is 0 Å². The summed E-state index contributed by atoms with van der Waals surface area (Å²) >= 11 is 0. The van der Waals surface area contributed by atoms with Gasteiger partial charge < -0.3 is 15.3 Å². The molecule has 1 aliphatic heterocycles. The quantitative estimate of drug-likeness (QED) is 0.708.